The van der Waals surface area contributed by atoms with Crippen molar-refractivity contribution in [3.63, 3.8) is 0 Å². The Labute approximate surface area is 88.7 Å². The first-order chi connectivity index (χ1) is 7.54. The van der Waals surface area contributed by atoms with Gasteiger partial charge in [-0.1, -0.05) is 12.1 Å². The molecule has 0 unspecified atom stereocenters. The normalized spacial score (nSPS) is 11.7. The van der Waals surface area contributed by atoms with Crippen molar-refractivity contribution in [1.82, 2.24) is 4.98 Å². The van der Waals surface area contributed by atoms with E-state index in [0.29, 0.717) is 6.29 Å². The van der Waals surface area contributed by atoms with Crippen LogP contribution in [0.1, 0.15) is 16.1 Å². The van der Waals surface area contributed by atoms with Crippen LogP contribution in [0.3, 0.4) is 0 Å². The minimum Gasteiger partial charge on any atom is -0.296 e. The van der Waals surface area contributed by atoms with Crippen molar-refractivity contribution in [2.45, 2.75) is 6.18 Å². The number of fused-ring (bicyclic) bond motifs is 1. The number of aldehydes is 1. The molecule has 0 amide bonds. The molecule has 2 nitrogen and oxygen atoms in total. The summed E-state index contributed by atoms with van der Waals surface area (Å²) in [6, 6.07) is 4.95. The summed E-state index contributed by atoms with van der Waals surface area (Å²) < 4.78 is 37.9. The van der Waals surface area contributed by atoms with Gasteiger partial charge < -0.3 is 0 Å². The van der Waals surface area contributed by atoms with Crippen LogP contribution < -0.4 is 0 Å². The van der Waals surface area contributed by atoms with Gasteiger partial charge in [-0.25, -0.2) is 0 Å². The highest BCUT2D eigenvalue weighted by atomic mass is 19.4. The lowest BCUT2D eigenvalue weighted by atomic mass is 10.0. The highest BCUT2D eigenvalue weighted by molar-refractivity contribution is 5.97. The second-order valence-corrected chi connectivity index (χ2v) is 3.21. The van der Waals surface area contributed by atoms with E-state index in [1.807, 2.05) is 0 Å². The van der Waals surface area contributed by atoms with Crippen LogP contribution in [0.2, 0.25) is 0 Å². The molecule has 0 atom stereocenters. The molecule has 0 bridgehead atoms. The molecular formula is C11H6F3NO. The molecule has 1 aromatic carbocycles. The molecule has 5 heteroatoms. The van der Waals surface area contributed by atoms with E-state index >= 15 is 0 Å². The van der Waals surface area contributed by atoms with E-state index in [0.717, 1.165) is 6.07 Å². The van der Waals surface area contributed by atoms with Gasteiger partial charge in [0, 0.05) is 11.6 Å². The van der Waals surface area contributed by atoms with Gasteiger partial charge in [0.1, 0.15) is 5.69 Å². The maximum atomic E-state index is 12.6. The Kier molecular flexibility index (Phi) is 2.38. The third kappa shape index (κ3) is 1.64. The molecule has 16 heavy (non-hydrogen) atoms. The number of aromatic nitrogens is 1. The van der Waals surface area contributed by atoms with E-state index in [9.17, 15) is 18.0 Å². The number of hydrogen-bond acceptors (Lipinski definition) is 2. The van der Waals surface area contributed by atoms with E-state index in [-0.39, 0.29) is 16.5 Å². The molecule has 0 fully saturated rings. The van der Waals surface area contributed by atoms with E-state index in [4.69, 9.17) is 0 Å². The fraction of sp³-hybridized carbons (Fsp3) is 0.0909. The largest absolute Gasteiger partial charge is 0.417 e. The Balaban J connectivity index is 2.84. The minimum atomic E-state index is -4.43. The monoisotopic (exact) mass is 225 g/mol. The van der Waals surface area contributed by atoms with Crippen molar-refractivity contribution in [3.05, 3.63) is 41.7 Å². The third-order valence-corrected chi connectivity index (χ3v) is 2.25. The number of nitrogens with zero attached hydrogens (tertiary/aromatic N) is 1. The van der Waals surface area contributed by atoms with Crippen LogP contribution in [0.25, 0.3) is 10.8 Å². The number of hydrogen-bond donors (Lipinski definition) is 0. The van der Waals surface area contributed by atoms with Crippen molar-refractivity contribution < 1.29 is 18.0 Å². The van der Waals surface area contributed by atoms with Gasteiger partial charge in [0.2, 0.25) is 0 Å². The standard InChI is InChI=1S/C11H6F3NO/c12-11(13,14)9-3-1-2-8-7(9)4-5-15-10(8)6-16/h1-6H. The Hall–Kier alpha value is -1.91. The number of carbonyl (C=O) groups is 1. The molecule has 2 aromatic rings. The molecule has 82 valence electrons. The minimum absolute atomic E-state index is 0.00731. The Morgan fingerprint density at radius 3 is 2.50 bits per heavy atom. The molecule has 0 aliphatic heterocycles. The van der Waals surface area contributed by atoms with Gasteiger partial charge in [0.25, 0.3) is 0 Å². The van der Waals surface area contributed by atoms with Gasteiger partial charge >= 0.3 is 6.18 Å². The average Bonchev–Trinajstić information content (AvgIpc) is 2.26. The fourth-order valence-electron chi connectivity index (χ4n) is 1.57. The smallest absolute Gasteiger partial charge is 0.296 e. The molecule has 0 aliphatic rings. The van der Waals surface area contributed by atoms with E-state index in [2.05, 4.69) is 4.98 Å². The van der Waals surface area contributed by atoms with Crippen LogP contribution in [0.15, 0.2) is 30.5 Å². The predicted octanol–water partition coefficient (Wildman–Crippen LogP) is 3.07. The van der Waals surface area contributed by atoms with Crippen LogP contribution in [-0.4, -0.2) is 11.3 Å². The summed E-state index contributed by atoms with van der Waals surface area (Å²) in [5, 5.41) is 0.208. The van der Waals surface area contributed by atoms with Crippen LogP contribution in [0.4, 0.5) is 13.2 Å². The van der Waals surface area contributed by atoms with Crippen LogP contribution in [0, 0.1) is 0 Å². The number of carbonyl (C=O) groups excluding carboxylic acids is 1. The molecule has 0 spiro atoms. The lowest BCUT2D eigenvalue weighted by Gasteiger charge is -2.10. The van der Waals surface area contributed by atoms with Gasteiger partial charge in [-0.05, 0) is 17.5 Å². The van der Waals surface area contributed by atoms with Gasteiger partial charge in [-0.2, -0.15) is 13.2 Å². The molecule has 0 saturated carbocycles. The predicted molar refractivity (Wildman–Crippen MR) is 52.1 cm³/mol. The number of halogens is 3. The molecule has 0 saturated heterocycles. The van der Waals surface area contributed by atoms with Gasteiger partial charge in [-0.3, -0.25) is 9.78 Å². The van der Waals surface area contributed by atoms with Gasteiger partial charge in [0.15, 0.2) is 6.29 Å². The summed E-state index contributed by atoms with van der Waals surface area (Å²) in [5.74, 6) is 0. The third-order valence-electron chi connectivity index (χ3n) is 2.25. The van der Waals surface area contributed by atoms with Crippen LogP contribution in [0.5, 0.6) is 0 Å². The van der Waals surface area contributed by atoms with Crippen LogP contribution in [-0.2, 0) is 6.18 Å². The zero-order chi connectivity index (χ0) is 11.8. The molecule has 0 radical (unpaired) electrons. The second-order valence-electron chi connectivity index (χ2n) is 3.21. The zero-order valence-corrected chi connectivity index (χ0v) is 7.95. The average molecular weight is 225 g/mol. The van der Waals surface area contributed by atoms with Gasteiger partial charge in [-0.15, -0.1) is 0 Å². The molecule has 1 heterocycles. The quantitative estimate of drug-likeness (QED) is 0.698. The number of alkyl halides is 3. The molecule has 0 N–H and O–H groups in total. The number of rotatable bonds is 1. The van der Waals surface area contributed by atoms with Crippen molar-refractivity contribution >= 4 is 17.1 Å². The highest BCUT2D eigenvalue weighted by Gasteiger charge is 2.32. The SMILES string of the molecule is O=Cc1nccc2c(C(F)(F)F)cccc12. The van der Waals surface area contributed by atoms with Gasteiger partial charge in [0.05, 0.1) is 5.56 Å². The molecule has 1 aromatic heterocycles. The fourth-order valence-corrected chi connectivity index (χ4v) is 1.57. The van der Waals surface area contributed by atoms with Crippen molar-refractivity contribution in [1.29, 1.82) is 0 Å². The number of benzene rings is 1. The molecule has 2 rings (SSSR count). The summed E-state index contributed by atoms with van der Waals surface area (Å²) in [5.41, 5.74) is -0.737. The molecular weight excluding hydrogens is 219 g/mol. The second kappa shape index (κ2) is 3.59. The van der Waals surface area contributed by atoms with E-state index in [1.54, 1.807) is 0 Å². The van der Waals surface area contributed by atoms with Crippen LogP contribution >= 0.6 is 0 Å². The van der Waals surface area contributed by atoms with Crippen molar-refractivity contribution in [2.75, 3.05) is 0 Å². The van der Waals surface area contributed by atoms with E-state index < -0.39 is 11.7 Å². The maximum absolute atomic E-state index is 12.6. The maximum Gasteiger partial charge on any atom is 0.417 e. The lowest BCUT2D eigenvalue weighted by Crippen LogP contribution is -2.06. The Morgan fingerprint density at radius 2 is 1.88 bits per heavy atom. The Bertz CT molecular complexity index is 548. The summed E-state index contributed by atoms with van der Waals surface area (Å²) in [4.78, 5) is 14.4. The van der Waals surface area contributed by atoms with Crippen molar-refractivity contribution in [3.8, 4) is 0 Å². The highest BCUT2D eigenvalue weighted by Crippen LogP contribution is 2.34. The topological polar surface area (TPSA) is 30.0 Å². The summed E-state index contributed by atoms with van der Waals surface area (Å²) in [7, 11) is 0. The molecule has 0 aliphatic carbocycles. The first-order valence-corrected chi connectivity index (χ1v) is 4.44. The Morgan fingerprint density at radius 1 is 1.12 bits per heavy atom. The number of pyridine rings is 1. The first-order valence-electron chi connectivity index (χ1n) is 4.44. The summed E-state index contributed by atoms with van der Waals surface area (Å²) >= 11 is 0. The summed E-state index contributed by atoms with van der Waals surface area (Å²) in [6.07, 6.45) is -2.79. The van der Waals surface area contributed by atoms with E-state index in [1.165, 1.54) is 24.4 Å². The zero-order valence-electron chi connectivity index (χ0n) is 7.95. The van der Waals surface area contributed by atoms with Crippen molar-refractivity contribution in [2.24, 2.45) is 0 Å². The summed E-state index contributed by atoms with van der Waals surface area (Å²) in [6.45, 7) is 0. The lowest BCUT2D eigenvalue weighted by molar-refractivity contribution is -0.136. The first kappa shape index (κ1) is 10.6.